The standard InChI is InChI=1S/C24H28N6O2S/c1-14(2)26-8-4-9-30-23-21(22(25)27-13-28-23)29-24(30)33-20-11-16-7-10-31-19(16)12-17(20)18-6-5-15(3)32-18/h5-6,11-14,26H,4,7-10H2,1-3H3,(H2,25,27,28). The molecule has 3 aromatic heterocycles. The second-order valence-corrected chi connectivity index (χ2v) is 9.52. The zero-order valence-electron chi connectivity index (χ0n) is 19.1. The number of hydrogen-bond donors (Lipinski definition) is 2. The second-order valence-electron chi connectivity index (χ2n) is 8.51. The summed E-state index contributed by atoms with van der Waals surface area (Å²) < 4.78 is 13.9. The molecule has 9 heteroatoms. The number of ether oxygens (including phenoxy) is 1. The van der Waals surface area contributed by atoms with E-state index in [1.807, 2.05) is 19.1 Å². The Balaban J connectivity index is 1.55. The molecule has 1 aliphatic heterocycles. The van der Waals surface area contributed by atoms with Crippen LogP contribution in [0.15, 0.2) is 45.1 Å². The van der Waals surface area contributed by atoms with Crippen LogP contribution in [0.25, 0.3) is 22.5 Å². The van der Waals surface area contributed by atoms with Gasteiger partial charge < -0.3 is 24.8 Å². The Bertz CT molecular complexity index is 1300. The molecule has 172 valence electrons. The molecule has 0 amide bonds. The molecule has 0 radical (unpaired) electrons. The lowest BCUT2D eigenvalue weighted by Gasteiger charge is -2.13. The Morgan fingerprint density at radius 2 is 2.12 bits per heavy atom. The minimum absolute atomic E-state index is 0.394. The van der Waals surface area contributed by atoms with Crippen LogP contribution in [-0.4, -0.2) is 38.7 Å². The van der Waals surface area contributed by atoms with Crippen molar-refractivity contribution >= 4 is 28.7 Å². The average molecular weight is 465 g/mol. The first-order chi connectivity index (χ1) is 16.0. The molecule has 8 nitrogen and oxygen atoms in total. The van der Waals surface area contributed by atoms with E-state index in [0.29, 0.717) is 24.0 Å². The summed E-state index contributed by atoms with van der Waals surface area (Å²) in [5.41, 5.74) is 9.73. The molecule has 0 spiro atoms. The number of nitrogen functional groups attached to an aromatic ring is 1. The maximum Gasteiger partial charge on any atom is 0.175 e. The maximum absolute atomic E-state index is 6.14. The molecule has 0 aliphatic carbocycles. The van der Waals surface area contributed by atoms with Crippen molar-refractivity contribution in [1.29, 1.82) is 0 Å². The molecule has 0 fully saturated rings. The van der Waals surface area contributed by atoms with Crippen molar-refractivity contribution in [2.45, 2.75) is 56.3 Å². The first-order valence-electron chi connectivity index (χ1n) is 11.2. The minimum Gasteiger partial charge on any atom is -0.493 e. The van der Waals surface area contributed by atoms with Gasteiger partial charge in [-0.1, -0.05) is 25.6 Å². The zero-order chi connectivity index (χ0) is 22.9. The summed E-state index contributed by atoms with van der Waals surface area (Å²) in [7, 11) is 0. The fourth-order valence-electron chi connectivity index (χ4n) is 4.00. The molecule has 3 N–H and O–H groups in total. The first-order valence-corrected chi connectivity index (χ1v) is 12.1. The number of aromatic nitrogens is 4. The molecule has 33 heavy (non-hydrogen) atoms. The number of aryl methyl sites for hydroxylation is 2. The van der Waals surface area contributed by atoms with Gasteiger partial charge in [-0.2, -0.15) is 0 Å². The summed E-state index contributed by atoms with van der Waals surface area (Å²) >= 11 is 1.60. The summed E-state index contributed by atoms with van der Waals surface area (Å²) in [6.45, 7) is 8.64. The number of nitrogens with zero attached hydrogens (tertiary/aromatic N) is 4. The van der Waals surface area contributed by atoms with Crippen molar-refractivity contribution in [3.05, 3.63) is 41.9 Å². The van der Waals surface area contributed by atoms with Crippen LogP contribution in [0, 0.1) is 6.92 Å². The number of hydrogen-bond acceptors (Lipinski definition) is 8. The molecule has 0 saturated carbocycles. The van der Waals surface area contributed by atoms with E-state index in [4.69, 9.17) is 19.9 Å². The summed E-state index contributed by atoms with van der Waals surface area (Å²) in [6.07, 6.45) is 3.35. The lowest BCUT2D eigenvalue weighted by Crippen LogP contribution is -2.24. The Morgan fingerprint density at radius 3 is 2.91 bits per heavy atom. The fourth-order valence-corrected chi connectivity index (χ4v) is 5.09. The maximum atomic E-state index is 6.14. The van der Waals surface area contributed by atoms with E-state index in [1.54, 1.807) is 11.8 Å². The van der Waals surface area contributed by atoms with Gasteiger partial charge in [-0.25, -0.2) is 15.0 Å². The summed E-state index contributed by atoms with van der Waals surface area (Å²) in [4.78, 5) is 14.6. The quantitative estimate of drug-likeness (QED) is 0.369. The van der Waals surface area contributed by atoms with E-state index in [0.717, 1.165) is 64.5 Å². The van der Waals surface area contributed by atoms with Gasteiger partial charge in [0.05, 0.1) is 6.61 Å². The zero-order valence-corrected chi connectivity index (χ0v) is 19.9. The SMILES string of the molecule is Cc1ccc(-c2cc3c(cc2Sc2nc4c(N)ncnc4n2CCCNC(C)C)CCO3)o1. The number of fused-ring (bicyclic) bond motifs is 2. The van der Waals surface area contributed by atoms with Crippen LogP contribution in [0.1, 0.15) is 31.6 Å². The van der Waals surface area contributed by atoms with Gasteiger partial charge >= 0.3 is 0 Å². The molecule has 4 heterocycles. The number of imidazole rings is 1. The van der Waals surface area contributed by atoms with Gasteiger partial charge in [0, 0.05) is 29.5 Å². The lowest BCUT2D eigenvalue weighted by molar-refractivity contribution is 0.357. The fraction of sp³-hybridized carbons (Fsp3) is 0.375. The van der Waals surface area contributed by atoms with Gasteiger partial charge in [0.25, 0.3) is 0 Å². The summed E-state index contributed by atoms with van der Waals surface area (Å²) in [6, 6.07) is 8.70. The second kappa shape index (κ2) is 9.07. The van der Waals surface area contributed by atoms with E-state index >= 15 is 0 Å². The highest BCUT2D eigenvalue weighted by atomic mass is 32.2. The lowest BCUT2D eigenvalue weighted by atomic mass is 10.1. The molecular weight excluding hydrogens is 436 g/mol. The predicted molar refractivity (Wildman–Crippen MR) is 130 cm³/mol. The molecular formula is C24H28N6O2S. The van der Waals surface area contributed by atoms with E-state index in [2.05, 4.69) is 45.8 Å². The minimum atomic E-state index is 0.394. The largest absolute Gasteiger partial charge is 0.493 e. The normalized spacial score (nSPS) is 13.1. The molecule has 5 rings (SSSR count). The van der Waals surface area contributed by atoms with Gasteiger partial charge in [0.2, 0.25) is 0 Å². The monoisotopic (exact) mass is 464 g/mol. The summed E-state index contributed by atoms with van der Waals surface area (Å²) in [5.74, 6) is 3.00. The third-order valence-corrected chi connectivity index (χ3v) is 6.69. The van der Waals surface area contributed by atoms with Gasteiger partial charge in [0.1, 0.15) is 23.6 Å². The van der Waals surface area contributed by atoms with Gasteiger partial charge in [-0.05, 0) is 49.7 Å². The van der Waals surface area contributed by atoms with Gasteiger partial charge in [-0.15, -0.1) is 0 Å². The molecule has 0 bridgehead atoms. The smallest absolute Gasteiger partial charge is 0.175 e. The third-order valence-electron chi connectivity index (χ3n) is 5.64. The van der Waals surface area contributed by atoms with E-state index in [9.17, 15) is 0 Å². The van der Waals surface area contributed by atoms with Gasteiger partial charge in [0.15, 0.2) is 22.1 Å². The van der Waals surface area contributed by atoms with Crippen LogP contribution < -0.4 is 15.8 Å². The number of benzene rings is 1. The summed E-state index contributed by atoms with van der Waals surface area (Å²) in [5, 5.41) is 4.31. The highest BCUT2D eigenvalue weighted by Gasteiger charge is 2.22. The molecule has 0 unspecified atom stereocenters. The third kappa shape index (κ3) is 4.43. The molecule has 0 atom stereocenters. The van der Waals surface area contributed by atoms with Crippen molar-refractivity contribution in [2.75, 3.05) is 18.9 Å². The van der Waals surface area contributed by atoms with E-state index < -0.39 is 0 Å². The Morgan fingerprint density at radius 1 is 1.24 bits per heavy atom. The van der Waals surface area contributed by atoms with Crippen LogP contribution >= 0.6 is 11.8 Å². The van der Waals surface area contributed by atoms with E-state index in [-0.39, 0.29) is 0 Å². The van der Waals surface area contributed by atoms with E-state index in [1.165, 1.54) is 11.9 Å². The Hall–Kier alpha value is -3.04. The van der Waals surface area contributed by atoms with Crippen LogP contribution in [0.5, 0.6) is 5.75 Å². The van der Waals surface area contributed by atoms with Crippen molar-refractivity contribution < 1.29 is 9.15 Å². The van der Waals surface area contributed by atoms with Crippen molar-refractivity contribution in [2.24, 2.45) is 0 Å². The molecule has 0 saturated heterocycles. The topological polar surface area (TPSA) is 104 Å². The average Bonchev–Trinajstić information content (AvgIpc) is 3.50. The number of rotatable bonds is 8. The van der Waals surface area contributed by atoms with Crippen LogP contribution in [-0.2, 0) is 13.0 Å². The highest BCUT2D eigenvalue weighted by molar-refractivity contribution is 7.99. The Kier molecular flexibility index (Phi) is 5.99. The van der Waals surface area contributed by atoms with Crippen LogP contribution in [0.2, 0.25) is 0 Å². The number of nitrogens with one attached hydrogen (secondary N) is 1. The molecule has 4 aromatic rings. The Labute approximate surface area is 197 Å². The van der Waals surface area contributed by atoms with Crippen molar-refractivity contribution in [3.8, 4) is 17.1 Å². The molecule has 1 aromatic carbocycles. The van der Waals surface area contributed by atoms with Crippen molar-refractivity contribution in [1.82, 2.24) is 24.8 Å². The number of nitrogens with two attached hydrogens (primary N) is 1. The van der Waals surface area contributed by atoms with Gasteiger partial charge in [-0.3, -0.25) is 0 Å². The molecule has 1 aliphatic rings. The number of furan rings is 1. The van der Waals surface area contributed by atoms with Crippen LogP contribution in [0.3, 0.4) is 0 Å². The first kappa shape index (κ1) is 21.8. The number of anilines is 1. The predicted octanol–water partition coefficient (Wildman–Crippen LogP) is 4.45. The van der Waals surface area contributed by atoms with Crippen LogP contribution in [0.4, 0.5) is 5.82 Å². The van der Waals surface area contributed by atoms with Crippen molar-refractivity contribution in [3.63, 3.8) is 0 Å². The highest BCUT2D eigenvalue weighted by Crippen LogP contribution is 2.42.